The second-order valence-corrected chi connectivity index (χ2v) is 10.7. The van der Waals surface area contributed by atoms with Crippen molar-refractivity contribution in [2.24, 2.45) is 0 Å². The molecule has 5 rings (SSSR count). The molecule has 0 fully saturated rings. The minimum Gasteiger partial charge on any atom is -0.292 e. The van der Waals surface area contributed by atoms with Crippen molar-refractivity contribution in [3.63, 3.8) is 0 Å². The standard InChI is InChI=1S/C34H36N2/c1-22(2)28-19-29(23(3)4)33(30(20-28)24(5)6)36-32-18-17-27(25-13-9-7-10-14-25)21-31(32)35-34(36)26-15-11-8-12-16-26/h7-24H,1-6H3. The molecule has 36 heavy (non-hydrogen) atoms. The largest absolute Gasteiger partial charge is 0.292 e. The average Bonchev–Trinajstić information content (AvgIpc) is 3.27. The van der Waals surface area contributed by atoms with Crippen molar-refractivity contribution in [3.05, 3.63) is 108 Å². The molecular weight excluding hydrogens is 436 g/mol. The van der Waals surface area contributed by atoms with Gasteiger partial charge in [0.15, 0.2) is 0 Å². The number of hydrogen-bond donors (Lipinski definition) is 0. The first-order valence-corrected chi connectivity index (χ1v) is 13.2. The van der Waals surface area contributed by atoms with E-state index in [9.17, 15) is 0 Å². The fourth-order valence-electron chi connectivity index (χ4n) is 5.07. The average molecular weight is 473 g/mol. The zero-order valence-corrected chi connectivity index (χ0v) is 22.3. The molecule has 0 aliphatic rings. The Balaban J connectivity index is 1.87. The topological polar surface area (TPSA) is 17.8 Å². The molecule has 0 saturated heterocycles. The van der Waals surface area contributed by atoms with Crippen LogP contribution >= 0.6 is 0 Å². The molecule has 0 aliphatic carbocycles. The van der Waals surface area contributed by atoms with Crippen LogP contribution in [0.1, 0.15) is 76.0 Å². The normalized spacial score (nSPS) is 11.8. The van der Waals surface area contributed by atoms with Gasteiger partial charge in [-0.25, -0.2) is 4.98 Å². The van der Waals surface area contributed by atoms with Crippen molar-refractivity contribution in [1.82, 2.24) is 9.55 Å². The minimum atomic E-state index is 0.390. The predicted octanol–water partition coefficient (Wildman–Crippen LogP) is 9.73. The zero-order chi connectivity index (χ0) is 25.4. The quantitative estimate of drug-likeness (QED) is 0.240. The molecule has 0 radical (unpaired) electrons. The van der Waals surface area contributed by atoms with Gasteiger partial charge in [0.25, 0.3) is 0 Å². The third-order valence-electron chi connectivity index (χ3n) is 7.12. The Kier molecular flexibility index (Phi) is 6.53. The van der Waals surface area contributed by atoms with Gasteiger partial charge in [-0.15, -0.1) is 0 Å². The first-order valence-electron chi connectivity index (χ1n) is 13.2. The summed E-state index contributed by atoms with van der Waals surface area (Å²) in [5, 5.41) is 0. The summed E-state index contributed by atoms with van der Waals surface area (Å²) in [6.07, 6.45) is 0. The third-order valence-corrected chi connectivity index (χ3v) is 7.12. The Morgan fingerprint density at radius 1 is 0.556 bits per heavy atom. The number of fused-ring (bicyclic) bond motifs is 1. The fourth-order valence-corrected chi connectivity index (χ4v) is 5.07. The SMILES string of the molecule is CC(C)c1cc(C(C)C)c(-n2c(-c3ccccc3)nc3cc(-c4ccccc4)ccc32)c(C(C)C)c1. The van der Waals surface area contributed by atoms with Crippen LogP contribution in [0.5, 0.6) is 0 Å². The van der Waals surface area contributed by atoms with Crippen molar-refractivity contribution in [1.29, 1.82) is 0 Å². The summed E-state index contributed by atoms with van der Waals surface area (Å²) in [6, 6.07) is 32.7. The summed E-state index contributed by atoms with van der Waals surface area (Å²) in [4.78, 5) is 5.27. The van der Waals surface area contributed by atoms with E-state index in [0.29, 0.717) is 17.8 Å². The first-order chi connectivity index (χ1) is 17.3. The van der Waals surface area contributed by atoms with Crippen molar-refractivity contribution in [2.75, 3.05) is 0 Å². The second-order valence-electron chi connectivity index (χ2n) is 10.7. The van der Waals surface area contributed by atoms with Gasteiger partial charge in [0, 0.05) is 5.56 Å². The molecule has 0 unspecified atom stereocenters. The summed E-state index contributed by atoms with van der Waals surface area (Å²) in [5.74, 6) is 2.26. The molecule has 182 valence electrons. The van der Waals surface area contributed by atoms with Gasteiger partial charge in [-0.2, -0.15) is 0 Å². The number of hydrogen-bond acceptors (Lipinski definition) is 1. The molecule has 2 heteroatoms. The van der Waals surface area contributed by atoms with E-state index in [0.717, 1.165) is 22.4 Å². The van der Waals surface area contributed by atoms with Gasteiger partial charge < -0.3 is 0 Å². The van der Waals surface area contributed by atoms with E-state index in [4.69, 9.17) is 4.98 Å². The monoisotopic (exact) mass is 472 g/mol. The van der Waals surface area contributed by atoms with Crippen LogP contribution < -0.4 is 0 Å². The maximum atomic E-state index is 5.27. The lowest BCUT2D eigenvalue weighted by molar-refractivity contribution is 0.788. The summed E-state index contributed by atoms with van der Waals surface area (Å²) in [6.45, 7) is 13.8. The number of imidazole rings is 1. The fraction of sp³-hybridized carbons (Fsp3) is 0.265. The highest BCUT2D eigenvalue weighted by atomic mass is 15.1. The lowest BCUT2D eigenvalue weighted by atomic mass is 9.87. The van der Waals surface area contributed by atoms with Gasteiger partial charge in [0.05, 0.1) is 16.7 Å². The van der Waals surface area contributed by atoms with Crippen LogP contribution in [0.4, 0.5) is 0 Å². The van der Waals surface area contributed by atoms with Crippen LogP contribution in [-0.2, 0) is 0 Å². The maximum absolute atomic E-state index is 5.27. The predicted molar refractivity (Wildman–Crippen MR) is 154 cm³/mol. The minimum absolute atomic E-state index is 0.390. The van der Waals surface area contributed by atoms with Crippen LogP contribution in [0.2, 0.25) is 0 Å². The van der Waals surface area contributed by atoms with Gasteiger partial charge in [-0.1, -0.05) is 120 Å². The molecule has 2 nitrogen and oxygen atoms in total. The highest BCUT2D eigenvalue weighted by Gasteiger charge is 2.23. The number of aromatic nitrogens is 2. The Morgan fingerprint density at radius 3 is 1.64 bits per heavy atom. The summed E-state index contributed by atoms with van der Waals surface area (Å²) in [7, 11) is 0. The third kappa shape index (κ3) is 4.37. The van der Waals surface area contributed by atoms with Gasteiger partial charge in [0.2, 0.25) is 0 Å². The van der Waals surface area contributed by atoms with Crippen molar-refractivity contribution < 1.29 is 0 Å². The highest BCUT2D eigenvalue weighted by Crippen LogP contribution is 2.39. The van der Waals surface area contributed by atoms with E-state index < -0.39 is 0 Å². The molecule has 0 amide bonds. The van der Waals surface area contributed by atoms with E-state index in [2.05, 4.69) is 137 Å². The Morgan fingerprint density at radius 2 is 1.11 bits per heavy atom. The molecule has 1 heterocycles. The maximum Gasteiger partial charge on any atom is 0.145 e. The number of nitrogens with zero attached hydrogens (tertiary/aromatic N) is 2. The van der Waals surface area contributed by atoms with Gasteiger partial charge in [-0.3, -0.25) is 4.57 Å². The molecule has 0 spiro atoms. The van der Waals surface area contributed by atoms with Crippen molar-refractivity contribution in [2.45, 2.75) is 59.3 Å². The van der Waals surface area contributed by atoms with E-state index in [1.807, 2.05) is 0 Å². The smallest absolute Gasteiger partial charge is 0.145 e. The summed E-state index contributed by atoms with van der Waals surface area (Å²) < 4.78 is 2.42. The first kappa shape index (κ1) is 24.1. The van der Waals surface area contributed by atoms with Crippen LogP contribution in [-0.4, -0.2) is 9.55 Å². The van der Waals surface area contributed by atoms with Crippen LogP contribution in [0.3, 0.4) is 0 Å². The second kappa shape index (κ2) is 9.78. The molecule has 5 aromatic rings. The van der Waals surface area contributed by atoms with Crippen molar-refractivity contribution >= 4 is 11.0 Å². The molecule has 0 aliphatic heterocycles. The van der Waals surface area contributed by atoms with Crippen LogP contribution in [0, 0.1) is 0 Å². The zero-order valence-electron chi connectivity index (χ0n) is 22.3. The van der Waals surface area contributed by atoms with E-state index in [1.54, 1.807) is 0 Å². The van der Waals surface area contributed by atoms with Crippen LogP contribution in [0.25, 0.3) is 39.2 Å². The van der Waals surface area contributed by atoms with Crippen LogP contribution in [0.15, 0.2) is 91.0 Å². The molecular formula is C34H36N2. The Bertz CT molecular complexity index is 1460. The molecule has 0 atom stereocenters. The van der Waals surface area contributed by atoms with Gasteiger partial charge in [-0.05, 0) is 57.7 Å². The van der Waals surface area contributed by atoms with E-state index in [-0.39, 0.29) is 0 Å². The number of rotatable bonds is 6. The Hall–Kier alpha value is -3.65. The molecule has 0 N–H and O–H groups in total. The van der Waals surface area contributed by atoms with E-state index >= 15 is 0 Å². The lowest BCUT2D eigenvalue weighted by Crippen LogP contribution is -2.10. The summed E-state index contributed by atoms with van der Waals surface area (Å²) >= 11 is 0. The molecule has 4 aromatic carbocycles. The number of benzene rings is 4. The molecule has 0 bridgehead atoms. The molecule has 1 aromatic heterocycles. The van der Waals surface area contributed by atoms with Crippen molar-refractivity contribution in [3.8, 4) is 28.2 Å². The van der Waals surface area contributed by atoms with Gasteiger partial charge >= 0.3 is 0 Å². The highest BCUT2D eigenvalue weighted by molar-refractivity contribution is 5.88. The lowest BCUT2D eigenvalue weighted by Gasteiger charge is -2.25. The Labute approximate surface area is 215 Å². The van der Waals surface area contributed by atoms with E-state index in [1.165, 1.54) is 33.5 Å². The summed E-state index contributed by atoms with van der Waals surface area (Å²) in [5.41, 5.74) is 11.2. The van der Waals surface area contributed by atoms with Gasteiger partial charge in [0.1, 0.15) is 5.82 Å². The molecule has 0 saturated carbocycles.